The van der Waals surface area contributed by atoms with Gasteiger partial charge in [-0.05, 0) is 77.3 Å². The second-order valence-corrected chi connectivity index (χ2v) is 12.9. The number of esters is 1. The van der Waals surface area contributed by atoms with Crippen LogP contribution >= 0.6 is 50.5 Å². The largest absolute Gasteiger partial charge is 0.496 e. The number of rotatable bonds is 7. The highest BCUT2D eigenvalue weighted by Crippen LogP contribution is 2.35. The first kappa shape index (κ1) is 30.4. The molecule has 0 spiro atoms. The average molecular weight is 711 g/mol. The van der Waals surface area contributed by atoms with Crippen LogP contribution in [-0.2, 0) is 16.1 Å². The Balaban J connectivity index is 1.51. The molecule has 224 valence electrons. The van der Waals surface area contributed by atoms with Crippen LogP contribution in [0.25, 0.3) is 17.0 Å². The van der Waals surface area contributed by atoms with Gasteiger partial charge in [0.25, 0.3) is 5.56 Å². The van der Waals surface area contributed by atoms with Crippen molar-refractivity contribution in [2.75, 3.05) is 13.7 Å². The number of ether oxygens (including phenoxy) is 2. The van der Waals surface area contributed by atoms with Gasteiger partial charge >= 0.3 is 5.97 Å². The average Bonchev–Trinajstić information content (AvgIpc) is 3.50. The standard InChI is InChI=1S/C33H26BrCl2N3O4S/c1-4-43-32(41)29-18(2)37-33-39(30(29)20-10-12-27(42-3)23(34)14-20)31(40)28(44-33)15-21-17-38(26-8-6-5-7-22(21)26)16-19-9-11-24(35)25(36)13-19/h5-15,17,30H,4,16H2,1-3H3/b28-15+/t30-/m1/s1. The first-order chi connectivity index (χ1) is 21.2. The summed E-state index contributed by atoms with van der Waals surface area (Å²) in [6, 6.07) is 18.4. The van der Waals surface area contributed by atoms with Crippen molar-refractivity contribution < 1.29 is 14.3 Å². The van der Waals surface area contributed by atoms with Gasteiger partial charge < -0.3 is 14.0 Å². The van der Waals surface area contributed by atoms with E-state index in [1.165, 1.54) is 11.3 Å². The number of carbonyl (C=O) groups excluding carboxylic acids is 1. The molecule has 0 unspecified atom stereocenters. The number of methoxy groups -OCH3 is 1. The van der Waals surface area contributed by atoms with E-state index < -0.39 is 12.0 Å². The van der Waals surface area contributed by atoms with Gasteiger partial charge in [-0.25, -0.2) is 9.79 Å². The van der Waals surface area contributed by atoms with Gasteiger partial charge in [-0.3, -0.25) is 9.36 Å². The molecule has 0 aliphatic carbocycles. The quantitative estimate of drug-likeness (QED) is 0.173. The number of halogens is 3. The molecule has 0 saturated heterocycles. The maximum atomic E-state index is 14.2. The molecule has 0 saturated carbocycles. The van der Waals surface area contributed by atoms with Gasteiger partial charge in [0.1, 0.15) is 5.75 Å². The van der Waals surface area contributed by atoms with Crippen molar-refractivity contribution in [1.82, 2.24) is 9.13 Å². The second kappa shape index (κ2) is 12.4. The van der Waals surface area contributed by atoms with Crippen molar-refractivity contribution in [3.8, 4) is 5.75 Å². The van der Waals surface area contributed by atoms with Crippen molar-refractivity contribution in [1.29, 1.82) is 0 Å². The third-order valence-corrected chi connectivity index (χ3v) is 9.79. The molecule has 2 aromatic heterocycles. The van der Waals surface area contributed by atoms with E-state index in [1.807, 2.05) is 60.8 Å². The summed E-state index contributed by atoms with van der Waals surface area (Å²) in [7, 11) is 1.58. The summed E-state index contributed by atoms with van der Waals surface area (Å²) in [6.45, 7) is 4.29. The summed E-state index contributed by atoms with van der Waals surface area (Å²) >= 11 is 17.3. The van der Waals surface area contributed by atoms with E-state index in [9.17, 15) is 9.59 Å². The Morgan fingerprint density at radius 1 is 1.11 bits per heavy atom. The highest BCUT2D eigenvalue weighted by atomic mass is 79.9. The number of carbonyl (C=O) groups is 1. The number of allylic oxidation sites excluding steroid dienone is 1. The Kier molecular flexibility index (Phi) is 8.57. The van der Waals surface area contributed by atoms with Gasteiger partial charge in [-0.1, -0.05) is 64.9 Å². The summed E-state index contributed by atoms with van der Waals surface area (Å²) in [5.41, 5.74) is 4.20. The molecule has 11 heteroatoms. The zero-order valence-electron chi connectivity index (χ0n) is 23.9. The monoisotopic (exact) mass is 709 g/mol. The number of thiazole rings is 1. The van der Waals surface area contributed by atoms with Crippen LogP contribution in [0.4, 0.5) is 0 Å². The SMILES string of the molecule is CCOC(=O)C1=C(C)N=c2s/c(=C/c3cn(Cc4ccc(Cl)c(Cl)c4)c4ccccc34)c(=O)n2[C@@H]1c1ccc(OC)c(Br)c1. The van der Waals surface area contributed by atoms with E-state index >= 15 is 0 Å². The van der Waals surface area contributed by atoms with Crippen LogP contribution in [0.5, 0.6) is 5.75 Å². The molecule has 0 radical (unpaired) electrons. The molecule has 0 amide bonds. The zero-order chi connectivity index (χ0) is 31.1. The van der Waals surface area contributed by atoms with Crippen LogP contribution in [0, 0.1) is 0 Å². The van der Waals surface area contributed by atoms with Crippen molar-refractivity contribution in [2.24, 2.45) is 4.99 Å². The van der Waals surface area contributed by atoms with Crippen LogP contribution in [0.1, 0.15) is 36.6 Å². The minimum atomic E-state index is -0.731. The fourth-order valence-corrected chi connectivity index (χ4v) is 7.37. The molecule has 1 atom stereocenters. The van der Waals surface area contributed by atoms with Crippen molar-refractivity contribution in [3.05, 3.63) is 129 Å². The van der Waals surface area contributed by atoms with Gasteiger partial charge in [0.2, 0.25) is 0 Å². The lowest BCUT2D eigenvalue weighted by atomic mass is 9.96. The highest BCUT2D eigenvalue weighted by molar-refractivity contribution is 9.10. The van der Waals surface area contributed by atoms with Crippen molar-refractivity contribution in [2.45, 2.75) is 26.4 Å². The lowest BCUT2D eigenvalue weighted by Gasteiger charge is -2.25. The summed E-state index contributed by atoms with van der Waals surface area (Å²) in [5.74, 6) is 0.127. The summed E-state index contributed by atoms with van der Waals surface area (Å²) in [6.07, 6.45) is 3.92. The van der Waals surface area contributed by atoms with Crippen LogP contribution < -0.4 is 19.6 Å². The van der Waals surface area contributed by atoms with Gasteiger partial charge in [0.15, 0.2) is 4.80 Å². The summed E-state index contributed by atoms with van der Waals surface area (Å²) in [5, 5.41) is 2.00. The third-order valence-electron chi connectivity index (χ3n) is 7.45. The van der Waals surface area contributed by atoms with E-state index in [1.54, 1.807) is 37.7 Å². The number of fused-ring (bicyclic) bond motifs is 2. The fourth-order valence-electron chi connectivity index (χ4n) is 5.46. The Morgan fingerprint density at radius 3 is 2.64 bits per heavy atom. The molecular weight excluding hydrogens is 685 g/mol. The number of hydrogen-bond acceptors (Lipinski definition) is 6. The van der Waals surface area contributed by atoms with Crippen LogP contribution in [-0.4, -0.2) is 28.8 Å². The number of benzene rings is 3. The van der Waals surface area contributed by atoms with Crippen molar-refractivity contribution in [3.63, 3.8) is 0 Å². The minimum Gasteiger partial charge on any atom is -0.496 e. The fraction of sp³-hybridized carbons (Fsp3) is 0.182. The van der Waals surface area contributed by atoms with Gasteiger partial charge in [-0.15, -0.1) is 0 Å². The summed E-state index contributed by atoms with van der Waals surface area (Å²) in [4.78, 5) is 32.6. The molecule has 1 aliphatic rings. The summed E-state index contributed by atoms with van der Waals surface area (Å²) < 4.78 is 15.7. The molecule has 5 aromatic rings. The van der Waals surface area contributed by atoms with Crippen LogP contribution in [0.15, 0.2) is 92.4 Å². The number of hydrogen-bond donors (Lipinski definition) is 0. The van der Waals surface area contributed by atoms with Gasteiger partial charge in [0.05, 0.1) is 50.1 Å². The maximum Gasteiger partial charge on any atom is 0.338 e. The zero-order valence-corrected chi connectivity index (χ0v) is 27.9. The number of nitrogens with zero attached hydrogens (tertiary/aromatic N) is 3. The molecule has 6 rings (SSSR count). The predicted molar refractivity (Wildman–Crippen MR) is 179 cm³/mol. The highest BCUT2D eigenvalue weighted by Gasteiger charge is 2.33. The first-order valence-corrected chi connectivity index (χ1v) is 16.1. The normalized spacial score (nSPS) is 15.0. The molecule has 44 heavy (non-hydrogen) atoms. The molecule has 1 aliphatic heterocycles. The smallest absolute Gasteiger partial charge is 0.338 e. The molecule has 0 N–H and O–H groups in total. The lowest BCUT2D eigenvalue weighted by molar-refractivity contribution is -0.139. The predicted octanol–water partition coefficient (Wildman–Crippen LogP) is 6.88. The van der Waals surface area contributed by atoms with Crippen LogP contribution in [0.2, 0.25) is 10.0 Å². The Morgan fingerprint density at radius 2 is 1.91 bits per heavy atom. The Bertz CT molecular complexity index is 2170. The first-order valence-electron chi connectivity index (χ1n) is 13.7. The van der Waals surface area contributed by atoms with Crippen LogP contribution in [0.3, 0.4) is 0 Å². The van der Waals surface area contributed by atoms with E-state index in [2.05, 4.69) is 20.5 Å². The lowest BCUT2D eigenvalue weighted by Crippen LogP contribution is -2.39. The minimum absolute atomic E-state index is 0.200. The topological polar surface area (TPSA) is 74.8 Å². The molecule has 3 aromatic carbocycles. The Hall–Kier alpha value is -3.63. The van der Waals surface area contributed by atoms with E-state index in [-0.39, 0.29) is 12.2 Å². The maximum absolute atomic E-state index is 14.2. The third kappa shape index (κ3) is 5.54. The number of para-hydroxylation sites is 1. The van der Waals surface area contributed by atoms with Gasteiger partial charge in [-0.2, -0.15) is 0 Å². The van der Waals surface area contributed by atoms with E-state index in [0.29, 0.717) is 47.4 Å². The van der Waals surface area contributed by atoms with Crippen molar-refractivity contribution >= 4 is 73.4 Å². The molecule has 0 bridgehead atoms. The Labute approximate surface area is 275 Å². The van der Waals surface area contributed by atoms with E-state index in [0.717, 1.165) is 27.6 Å². The number of aromatic nitrogens is 2. The molecule has 3 heterocycles. The molecule has 7 nitrogen and oxygen atoms in total. The van der Waals surface area contributed by atoms with Gasteiger partial charge in [0, 0.05) is 29.2 Å². The van der Waals surface area contributed by atoms with E-state index in [4.69, 9.17) is 37.7 Å². The second-order valence-electron chi connectivity index (χ2n) is 10.2. The molecule has 0 fully saturated rings. The molecular formula is C33H26BrCl2N3O4S.